The number of amides is 1. The number of benzene rings is 4. The van der Waals surface area contributed by atoms with Gasteiger partial charge in [0, 0.05) is 22.4 Å². The molecule has 0 saturated carbocycles. The molecule has 1 unspecified atom stereocenters. The molecule has 1 amide bonds. The Kier molecular flexibility index (Phi) is 5.37. The summed E-state index contributed by atoms with van der Waals surface area (Å²) in [5, 5.41) is 4.72. The average molecular weight is 464 g/mol. The monoisotopic (exact) mass is 464 g/mol. The second-order valence-corrected chi connectivity index (χ2v) is 8.25. The fourth-order valence-electron chi connectivity index (χ4n) is 4.18. The first-order chi connectivity index (χ1) is 16.8. The number of anilines is 2. The molecule has 0 aliphatic heterocycles. The number of nitrogen functional groups attached to an aromatic ring is 1. The molecule has 0 spiro atoms. The topological polar surface area (TPSA) is 116 Å². The van der Waals surface area contributed by atoms with Crippen molar-refractivity contribution in [2.75, 3.05) is 11.1 Å². The van der Waals surface area contributed by atoms with Crippen LogP contribution in [0.5, 0.6) is 0 Å². The lowest BCUT2D eigenvalue weighted by atomic mass is 9.82. The molecule has 7 heteroatoms. The number of nitrogens with one attached hydrogen (secondary N) is 1. The maximum atomic E-state index is 13.0. The van der Waals surface area contributed by atoms with E-state index in [2.05, 4.69) is 5.32 Å². The van der Waals surface area contributed by atoms with Gasteiger partial charge in [-0.1, -0.05) is 54.6 Å². The van der Waals surface area contributed by atoms with E-state index >= 15 is 0 Å². The maximum Gasteiger partial charge on any atom is 0.341 e. The van der Waals surface area contributed by atoms with Crippen LogP contribution >= 0.6 is 0 Å². The van der Waals surface area contributed by atoms with E-state index in [4.69, 9.17) is 10.5 Å². The van der Waals surface area contributed by atoms with Gasteiger partial charge in [0.25, 0.3) is 5.91 Å². The minimum absolute atomic E-state index is 0.0311. The summed E-state index contributed by atoms with van der Waals surface area (Å²) in [4.78, 5) is 51.4. The molecule has 0 fully saturated rings. The van der Waals surface area contributed by atoms with Gasteiger partial charge < -0.3 is 15.8 Å². The molecule has 35 heavy (non-hydrogen) atoms. The summed E-state index contributed by atoms with van der Waals surface area (Å²) in [5.74, 6) is -2.18. The Bertz CT molecular complexity index is 1560. The van der Waals surface area contributed by atoms with E-state index in [9.17, 15) is 19.2 Å². The van der Waals surface area contributed by atoms with E-state index in [-0.39, 0.29) is 33.7 Å². The Balaban J connectivity index is 1.35. The molecule has 5 rings (SSSR count). The van der Waals surface area contributed by atoms with Crippen LogP contribution in [0.1, 0.15) is 49.1 Å². The van der Waals surface area contributed by atoms with Gasteiger partial charge in [-0.15, -0.1) is 0 Å². The highest BCUT2D eigenvalue weighted by atomic mass is 16.5. The lowest BCUT2D eigenvalue weighted by Gasteiger charge is -2.20. The van der Waals surface area contributed by atoms with Crippen LogP contribution in [0, 0.1) is 0 Å². The molecular weight excluding hydrogens is 444 g/mol. The molecule has 0 heterocycles. The first-order valence-corrected chi connectivity index (χ1v) is 11.0. The first kappa shape index (κ1) is 22.0. The van der Waals surface area contributed by atoms with Crippen molar-refractivity contribution in [1.29, 1.82) is 0 Å². The van der Waals surface area contributed by atoms with Crippen molar-refractivity contribution >= 4 is 45.6 Å². The fourth-order valence-corrected chi connectivity index (χ4v) is 4.18. The van der Waals surface area contributed by atoms with Gasteiger partial charge in [0.15, 0.2) is 17.7 Å². The molecule has 4 aromatic carbocycles. The van der Waals surface area contributed by atoms with Crippen LogP contribution in [0.25, 0.3) is 10.8 Å². The summed E-state index contributed by atoms with van der Waals surface area (Å²) in [6.45, 7) is 1.44. The van der Waals surface area contributed by atoms with E-state index in [1.807, 2.05) is 36.4 Å². The third kappa shape index (κ3) is 3.83. The smallest absolute Gasteiger partial charge is 0.341 e. The van der Waals surface area contributed by atoms with Gasteiger partial charge in [-0.05, 0) is 42.0 Å². The van der Waals surface area contributed by atoms with Crippen molar-refractivity contribution in [1.82, 2.24) is 0 Å². The number of hydrogen-bond donors (Lipinski definition) is 2. The quantitative estimate of drug-likeness (QED) is 0.301. The molecule has 1 aliphatic carbocycles. The zero-order valence-electron chi connectivity index (χ0n) is 18.7. The van der Waals surface area contributed by atoms with E-state index in [0.29, 0.717) is 11.3 Å². The third-order valence-electron chi connectivity index (χ3n) is 6.02. The molecule has 3 N–H and O–H groups in total. The number of fused-ring (bicyclic) bond motifs is 3. The van der Waals surface area contributed by atoms with Gasteiger partial charge in [-0.2, -0.15) is 0 Å². The van der Waals surface area contributed by atoms with E-state index in [0.717, 1.165) is 10.8 Å². The molecular formula is C28H20N2O5. The van der Waals surface area contributed by atoms with Crippen LogP contribution in [0.4, 0.5) is 11.4 Å². The molecule has 0 aromatic heterocycles. The lowest BCUT2D eigenvalue weighted by Crippen LogP contribution is -2.30. The van der Waals surface area contributed by atoms with Crippen molar-refractivity contribution in [3.63, 3.8) is 0 Å². The zero-order valence-corrected chi connectivity index (χ0v) is 18.7. The Hall–Kier alpha value is -4.78. The van der Waals surface area contributed by atoms with Crippen molar-refractivity contribution in [2.24, 2.45) is 0 Å². The zero-order chi connectivity index (χ0) is 24.7. The number of ether oxygens (including phenoxy) is 1. The van der Waals surface area contributed by atoms with Crippen LogP contribution < -0.4 is 11.1 Å². The number of rotatable bonds is 4. The van der Waals surface area contributed by atoms with E-state index in [1.165, 1.54) is 19.1 Å². The lowest BCUT2D eigenvalue weighted by molar-refractivity contribution is -0.123. The number of esters is 1. The molecule has 4 aromatic rings. The largest absolute Gasteiger partial charge is 0.449 e. The molecule has 172 valence electrons. The highest BCUT2D eigenvalue weighted by molar-refractivity contribution is 6.30. The summed E-state index contributed by atoms with van der Waals surface area (Å²) >= 11 is 0. The molecule has 1 atom stereocenters. The van der Waals surface area contributed by atoms with Crippen molar-refractivity contribution in [3.05, 3.63) is 107 Å². The van der Waals surface area contributed by atoms with Gasteiger partial charge >= 0.3 is 5.97 Å². The highest BCUT2D eigenvalue weighted by Crippen LogP contribution is 2.33. The van der Waals surface area contributed by atoms with Gasteiger partial charge in [0.2, 0.25) is 0 Å². The third-order valence-corrected chi connectivity index (χ3v) is 6.02. The molecule has 0 bridgehead atoms. The van der Waals surface area contributed by atoms with Crippen LogP contribution in [0.2, 0.25) is 0 Å². The first-order valence-electron chi connectivity index (χ1n) is 11.0. The highest BCUT2D eigenvalue weighted by Gasteiger charge is 2.33. The maximum absolute atomic E-state index is 13.0. The Labute approximate surface area is 200 Å². The van der Waals surface area contributed by atoms with Crippen molar-refractivity contribution < 1.29 is 23.9 Å². The summed E-state index contributed by atoms with van der Waals surface area (Å²) in [6, 6.07) is 22.4. The number of ketones is 2. The molecule has 7 nitrogen and oxygen atoms in total. The molecule has 1 aliphatic rings. The molecule has 0 radical (unpaired) electrons. The fraction of sp³-hybridized carbons (Fsp3) is 0.0714. The van der Waals surface area contributed by atoms with Crippen molar-refractivity contribution in [3.8, 4) is 0 Å². The van der Waals surface area contributed by atoms with Crippen LogP contribution in [0.3, 0.4) is 0 Å². The minimum atomic E-state index is -1.14. The summed E-state index contributed by atoms with van der Waals surface area (Å²) < 4.78 is 5.33. The molecule has 0 saturated heterocycles. The Morgan fingerprint density at radius 1 is 0.800 bits per heavy atom. The normalized spacial score (nSPS) is 13.1. The van der Waals surface area contributed by atoms with Gasteiger partial charge in [0.1, 0.15) is 0 Å². The number of nitrogens with two attached hydrogens (primary N) is 1. The predicted molar refractivity (Wildman–Crippen MR) is 132 cm³/mol. The number of carbonyl (C=O) groups excluding carboxylic acids is 4. The predicted octanol–water partition coefficient (Wildman–Crippen LogP) is 4.38. The average Bonchev–Trinajstić information content (AvgIpc) is 2.87. The minimum Gasteiger partial charge on any atom is -0.449 e. The van der Waals surface area contributed by atoms with Gasteiger partial charge in [-0.3, -0.25) is 14.4 Å². The van der Waals surface area contributed by atoms with Gasteiger partial charge in [-0.25, -0.2) is 4.79 Å². The summed E-state index contributed by atoms with van der Waals surface area (Å²) in [6.07, 6.45) is -1.14. The van der Waals surface area contributed by atoms with Crippen LogP contribution in [0.15, 0.2) is 78.9 Å². The van der Waals surface area contributed by atoms with Crippen LogP contribution in [-0.4, -0.2) is 29.5 Å². The summed E-state index contributed by atoms with van der Waals surface area (Å²) in [5.41, 5.74) is 7.11. The summed E-state index contributed by atoms with van der Waals surface area (Å²) in [7, 11) is 0. The van der Waals surface area contributed by atoms with Gasteiger partial charge in [0.05, 0.1) is 16.8 Å². The second-order valence-electron chi connectivity index (χ2n) is 8.25. The number of hydrogen-bond acceptors (Lipinski definition) is 6. The second kappa shape index (κ2) is 8.53. The SMILES string of the molecule is CC(OC(=O)c1ccc2c(c1N)C(=O)c1ccccc1C2=O)C(=O)Nc1ccc2ccccc2c1. The van der Waals surface area contributed by atoms with Crippen molar-refractivity contribution in [2.45, 2.75) is 13.0 Å². The van der Waals surface area contributed by atoms with E-state index in [1.54, 1.807) is 30.3 Å². The Morgan fingerprint density at radius 2 is 1.46 bits per heavy atom. The van der Waals surface area contributed by atoms with E-state index < -0.39 is 23.8 Å². The van der Waals surface area contributed by atoms with Crippen LogP contribution in [-0.2, 0) is 9.53 Å². The Morgan fingerprint density at radius 3 is 2.20 bits per heavy atom. The number of carbonyl (C=O) groups is 4. The standard InChI is InChI=1S/C28H20N2O5/c1-15(27(33)30-18-11-10-16-6-2-3-7-17(16)14-18)35-28(34)22-13-12-21-23(24(22)29)26(32)20-9-5-4-8-19(20)25(21)31/h2-15H,29H2,1H3,(H,30,33).